The SMILES string of the molecule is C[C@@H](Nc1nc(NC2CC3(C2)CC(F)(F)C3)nc(C2=C(F)C(O)CCC2)n1)C(F)(F)F. The molecule has 1 aromatic heterocycles. The second-order valence-corrected chi connectivity index (χ2v) is 8.91. The van der Waals surface area contributed by atoms with E-state index in [-0.39, 0.29) is 55.0 Å². The Morgan fingerprint density at radius 2 is 1.74 bits per heavy atom. The second kappa shape index (κ2) is 7.49. The van der Waals surface area contributed by atoms with Gasteiger partial charge in [0.25, 0.3) is 0 Å². The number of anilines is 2. The van der Waals surface area contributed by atoms with Gasteiger partial charge in [0, 0.05) is 24.5 Å². The Morgan fingerprint density at radius 3 is 2.35 bits per heavy atom. The molecule has 0 amide bonds. The molecular weight excluding hydrogens is 428 g/mol. The summed E-state index contributed by atoms with van der Waals surface area (Å²) in [5.41, 5.74) is -0.388. The van der Waals surface area contributed by atoms with E-state index in [4.69, 9.17) is 0 Å². The summed E-state index contributed by atoms with van der Waals surface area (Å²) in [7, 11) is 0. The van der Waals surface area contributed by atoms with Crippen LogP contribution in [0.2, 0.25) is 0 Å². The molecule has 3 aliphatic carbocycles. The molecule has 2 saturated carbocycles. The molecule has 1 unspecified atom stereocenters. The van der Waals surface area contributed by atoms with E-state index in [1.807, 2.05) is 0 Å². The first-order valence-electron chi connectivity index (χ1n) is 10.2. The van der Waals surface area contributed by atoms with E-state index >= 15 is 0 Å². The average Bonchev–Trinajstić information content (AvgIpc) is 2.60. The number of aliphatic hydroxyl groups is 1. The molecule has 0 radical (unpaired) electrons. The van der Waals surface area contributed by atoms with Gasteiger partial charge in [0.15, 0.2) is 5.82 Å². The minimum atomic E-state index is -4.55. The van der Waals surface area contributed by atoms with Crippen LogP contribution in [0.25, 0.3) is 5.57 Å². The van der Waals surface area contributed by atoms with Gasteiger partial charge in [-0.3, -0.25) is 0 Å². The van der Waals surface area contributed by atoms with E-state index in [9.17, 15) is 31.4 Å². The highest BCUT2D eigenvalue weighted by atomic mass is 19.4. The first-order valence-corrected chi connectivity index (χ1v) is 10.2. The molecule has 4 rings (SSSR count). The van der Waals surface area contributed by atoms with Crippen molar-refractivity contribution in [3.63, 3.8) is 0 Å². The third kappa shape index (κ3) is 4.58. The zero-order valence-corrected chi connectivity index (χ0v) is 16.7. The van der Waals surface area contributed by atoms with Gasteiger partial charge in [0.05, 0.1) is 0 Å². The number of nitrogens with zero attached hydrogens (tertiary/aromatic N) is 3. The number of aromatic nitrogens is 3. The number of nitrogens with one attached hydrogen (secondary N) is 2. The van der Waals surface area contributed by atoms with E-state index in [1.165, 1.54) is 0 Å². The van der Waals surface area contributed by atoms with Crippen LogP contribution in [0.1, 0.15) is 57.7 Å². The molecule has 3 aliphatic rings. The molecular formula is C19H23F6N5O. The lowest BCUT2D eigenvalue weighted by molar-refractivity contribution is -0.193. The minimum Gasteiger partial charge on any atom is -0.386 e. The molecule has 1 spiro atoms. The van der Waals surface area contributed by atoms with E-state index in [2.05, 4.69) is 25.6 Å². The summed E-state index contributed by atoms with van der Waals surface area (Å²) >= 11 is 0. The molecule has 6 nitrogen and oxygen atoms in total. The molecule has 2 atom stereocenters. The van der Waals surface area contributed by atoms with E-state index < -0.39 is 35.5 Å². The van der Waals surface area contributed by atoms with Gasteiger partial charge in [-0.15, -0.1) is 0 Å². The van der Waals surface area contributed by atoms with Crippen LogP contribution in [0, 0.1) is 5.41 Å². The maximum atomic E-state index is 14.4. The molecule has 0 saturated heterocycles. The van der Waals surface area contributed by atoms with Crippen molar-refractivity contribution in [2.24, 2.45) is 5.41 Å². The van der Waals surface area contributed by atoms with E-state index in [0.717, 1.165) is 6.92 Å². The van der Waals surface area contributed by atoms with Gasteiger partial charge in [-0.25, -0.2) is 13.2 Å². The van der Waals surface area contributed by atoms with Crippen LogP contribution >= 0.6 is 0 Å². The monoisotopic (exact) mass is 451 g/mol. The van der Waals surface area contributed by atoms with Crippen LogP contribution in [0.5, 0.6) is 0 Å². The smallest absolute Gasteiger partial charge is 0.386 e. The Bertz CT molecular complexity index is 873. The third-order valence-electron chi connectivity index (χ3n) is 6.19. The van der Waals surface area contributed by atoms with Crippen molar-refractivity contribution < 1.29 is 31.4 Å². The number of rotatable bonds is 5. The molecule has 0 bridgehead atoms. The molecule has 1 heterocycles. The van der Waals surface area contributed by atoms with Crippen molar-refractivity contribution in [1.29, 1.82) is 0 Å². The van der Waals surface area contributed by atoms with E-state index in [1.54, 1.807) is 0 Å². The molecule has 3 N–H and O–H groups in total. The molecule has 1 aromatic rings. The Kier molecular flexibility index (Phi) is 5.34. The summed E-state index contributed by atoms with van der Waals surface area (Å²) in [5, 5.41) is 14.9. The van der Waals surface area contributed by atoms with Crippen LogP contribution in [0.4, 0.5) is 38.2 Å². The number of allylic oxidation sites excluding steroid dienone is 1. The minimum absolute atomic E-state index is 0.0237. The van der Waals surface area contributed by atoms with Crippen LogP contribution < -0.4 is 10.6 Å². The first-order chi connectivity index (χ1) is 14.4. The summed E-state index contributed by atoms with van der Waals surface area (Å²) in [5.74, 6) is -4.05. The highest BCUT2D eigenvalue weighted by molar-refractivity contribution is 5.65. The van der Waals surface area contributed by atoms with Crippen LogP contribution in [0.3, 0.4) is 0 Å². The molecule has 0 aliphatic heterocycles. The second-order valence-electron chi connectivity index (χ2n) is 8.91. The summed E-state index contributed by atoms with van der Waals surface area (Å²) in [6.07, 6.45) is -4.34. The Labute approximate surface area is 174 Å². The fraction of sp³-hybridized carbons (Fsp3) is 0.737. The molecule has 172 valence electrons. The lowest BCUT2D eigenvalue weighted by atomic mass is 9.52. The number of hydrogen-bond acceptors (Lipinski definition) is 6. The Morgan fingerprint density at radius 1 is 1.10 bits per heavy atom. The van der Waals surface area contributed by atoms with Gasteiger partial charge in [-0.2, -0.15) is 28.1 Å². The summed E-state index contributed by atoms with van der Waals surface area (Å²) in [6, 6.07) is -2.18. The maximum absolute atomic E-state index is 14.4. The van der Waals surface area contributed by atoms with Crippen LogP contribution in [0.15, 0.2) is 5.83 Å². The average molecular weight is 451 g/mol. The topological polar surface area (TPSA) is 83.0 Å². The predicted octanol–water partition coefficient (Wildman–Crippen LogP) is 4.45. The van der Waals surface area contributed by atoms with Gasteiger partial charge >= 0.3 is 6.18 Å². The largest absolute Gasteiger partial charge is 0.408 e. The van der Waals surface area contributed by atoms with Crippen molar-refractivity contribution in [3.8, 4) is 0 Å². The van der Waals surface area contributed by atoms with Crippen molar-refractivity contribution in [2.45, 2.75) is 82.2 Å². The zero-order valence-electron chi connectivity index (χ0n) is 16.7. The quantitative estimate of drug-likeness (QED) is 0.574. The lowest BCUT2D eigenvalue weighted by Crippen LogP contribution is -2.57. The summed E-state index contributed by atoms with van der Waals surface area (Å²) < 4.78 is 79.7. The Hall–Kier alpha value is -2.11. The van der Waals surface area contributed by atoms with Gasteiger partial charge in [0.1, 0.15) is 18.0 Å². The third-order valence-corrected chi connectivity index (χ3v) is 6.19. The van der Waals surface area contributed by atoms with Crippen LogP contribution in [-0.4, -0.2) is 50.3 Å². The van der Waals surface area contributed by atoms with Gasteiger partial charge in [-0.05, 0) is 44.4 Å². The number of aliphatic hydroxyl groups excluding tert-OH is 1. The highest BCUT2D eigenvalue weighted by Gasteiger charge is 2.61. The molecule has 0 aromatic carbocycles. The summed E-state index contributed by atoms with van der Waals surface area (Å²) in [6.45, 7) is 0.896. The van der Waals surface area contributed by atoms with E-state index in [0.29, 0.717) is 19.3 Å². The predicted molar refractivity (Wildman–Crippen MR) is 100 cm³/mol. The number of alkyl halides is 5. The Balaban J connectivity index is 1.56. The number of halogens is 6. The normalized spacial score (nSPS) is 26.3. The van der Waals surface area contributed by atoms with Gasteiger partial charge < -0.3 is 15.7 Å². The fourth-order valence-corrected chi connectivity index (χ4v) is 4.66. The molecule has 31 heavy (non-hydrogen) atoms. The van der Waals surface area contributed by atoms with Crippen molar-refractivity contribution in [2.75, 3.05) is 10.6 Å². The van der Waals surface area contributed by atoms with Gasteiger partial charge in [-0.1, -0.05) is 0 Å². The van der Waals surface area contributed by atoms with Crippen LogP contribution in [-0.2, 0) is 0 Å². The number of hydrogen-bond donors (Lipinski definition) is 3. The summed E-state index contributed by atoms with van der Waals surface area (Å²) in [4.78, 5) is 12.0. The van der Waals surface area contributed by atoms with Crippen molar-refractivity contribution in [3.05, 3.63) is 11.7 Å². The lowest BCUT2D eigenvalue weighted by Gasteiger charge is -2.57. The molecule has 2 fully saturated rings. The van der Waals surface area contributed by atoms with Crippen molar-refractivity contribution in [1.82, 2.24) is 15.0 Å². The fourth-order valence-electron chi connectivity index (χ4n) is 4.66. The highest BCUT2D eigenvalue weighted by Crippen LogP contribution is 2.62. The zero-order chi connectivity index (χ0) is 22.6. The first kappa shape index (κ1) is 22.1. The van der Waals surface area contributed by atoms with Gasteiger partial charge in [0.2, 0.25) is 17.8 Å². The van der Waals surface area contributed by atoms with Crippen molar-refractivity contribution >= 4 is 17.5 Å². The maximum Gasteiger partial charge on any atom is 0.408 e. The molecule has 12 heteroatoms. The standard InChI is InChI=1S/C19H23F6N5O/c1-9(19(23,24)25)26-15-28-14(11-3-2-4-12(31)13(11)20)29-16(30-15)27-10-5-17(6-10)7-18(21,22)8-17/h9-10,12,31H,2-8H2,1H3,(H2,26,27,28,29,30)/t9-,12?/m1/s1.